The predicted octanol–water partition coefficient (Wildman–Crippen LogP) is 2.84. The maximum Gasteiger partial charge on any atom is 0.302 e. The molecule has 2 aromatic carbocycles. The summed E-state index contributed by atoms with van der Waals surface area (Å²) >= 11 is 0. The molecule has 0 saturated heterocycles. The monoisotopic (exact) mass is 406 g/mol. The molecule has 1 atom stereocenters. The molecule has 0 aliphatic carbocycles. The van der Waals surface area contributed by atoms with Gasteiger partial charge in [-0.15, -0.1) is 0 Å². The van der Waals surface area contributed by atoms with Gasteiger partial charge in [0.15, 0.2) is 0 Å². The SMILES string of the molecule is CC(=O)OCc1cc(OCC(C)C[SH](=O)=O)cc(C)c1-c1cccc(CO)c1. The molecular formula is C21H26O6S. The van der Waals surface area contributed by atoms with Crippen molar-refractivity contribution in [3.05, 3.63) is 53.1 Å². The number of rotatable bonds is 9. The lowest BCUT2D eigenvalue weighted by atomic mass is 9.94. The summed E-state index contributed by atoms with van der Waals surface area (Å²) in [5.74, 6) is 0.154. The summed E-state index contributed by atoms with van der Waals surface area (Å²) in [6.07, 6.45) is 0. The van der Waals surface area contributed by atoms with Crippen LogP contribution >= 0.6 is 0 Å². The lowest BCUT2D eigenvalue weighted by molar-refractivity contribution is -0.142. The van der Waals surface area contributed by atoms with Gasteiger partial charge in [-0.25, -0.2) is 8.42 Å². The number of hydrogen-bond donors (Lipinski definition) is 2. The Hall–Kier alpha value is -2.38. The average Bonchev–Trinajstić information content (AvgIpc) is 2.64. The molecule has 0 amide bonds. The van der Waals surface area contributed by atoms with Gasteiger partial charge in [0.05, 0.1) is 19.0 Å². The Bertz CT molecular complexity index is 896. The fourth-order valence-electron chi connectivity index (χ4n) is 2.98. The Morgan fingerprint density at radius 3 is 2.61 bits per heavy atom. The highest BCUT2D eigenvalue weighted by Gasteiger charge is 2.14. The van der Waals surface area contributed by atoms with Crippen molar-refractivity contribution in [3.63, 3.8) is 0 Å². The third kappa shape index (κ3) is 6.35. The molecule has 152 valence electrons. The molecule has 0 fully saturated rings. The number of esters is 1. The van der Waals surface area contributed by atoms with Gasteiger partial charge < -0.3 is 14.6 Å². The zero-order chi connectivity index (χ0) is 20.7. The van der Waals surface area contributed by atoms with E-state index in [9.17, 15) is 18.3 Å². The molecule has 2 aromatic rings. The summed E-state index contributed by atoms with van der Waals surface area (Å²) in [7, 11) is -2.44. The van der Waals surface area contributed by atoms with E-state index in [1.165, 1.54) is 6.92 Å². The highest BCUT2D eigenvalue weighted by Crippen LogP contribution is 2.33. The zero-order valence-electron chi connectivity index (χ0n) is 16.3. The number of ether oxygens (including phenoxy) is 2. The molecule has 0 aliphatic heterocycles. The van der Waals surface area contributed by atoms with Crippen molar-refractivity contribution >= 4 is 16.7 Å². The number of carbonyl (C=O) groups is 1. The van der Waals surface area contributed by atoms with E-state index >= 15 is 0 Å². The number of aliphatic hydroxyl groups excluding tert-OH is 1. The van der Waals surface area contributed by atoms with Gasteiger partial charge in [-0.2, -0.15) is 0 Å². The lowest BCUT2D eigenvalue weighted by Gasteiger charge is -2.18. The van der Waals surface area contributed by atoms with E-state index in [0.29, 0.717) is 5.75 Å². The van der Waals surface area contributed by atoms with Gasteiger partial charge >= 0.3 is 5.97 Å². The van der Waals surface area contributed by atoms with E-state index in [2.05, 4.69) is 0 Å². The van der Waals surface area contributed by atoms with Crippen LogP contribution in [0.1, 0.15) is 30.5 Å². The van der Waals surface area contributed by atoms with E-state index in [4.69, 9.17) is 9.47 Å². The topological polar surface area (TPSA) is 89.9 Å². The van der Waals surface area contributed by atoms with Crippen molar-refractivity contribution < 1.29 is 27.8 Å². The number of hydrogen-bond acceptors (Lipinski definition) is 6. The molecule has 1 N–H and O–H groups in total. The fourth-order valence-corrected chi connectivity index (χ4v) is 3.60. The van der Waals surface area contributed by atoms with Crippen molar-refractivity contribution in [2.45, 2.75) is 34.0 Å². The van der Waals surface area contributed by atoms with E-state index in [1.807, 2.05) is 44.2 Å². The molecule has 6 nitrogen and oxygen atoms in total. The van der Waals surface area contributed by atoms with E-state index in [-0.39, 0.29) is 37.5 Å². The highest BCUT2D eigenvalue weighted by atomic mass is 32.2. The predicted molar refractivity (Wildman–Crippen MR) is 108 cm³/mol. The second-order valence-electron chi connectivity index (χ2n) is 6.84. The van der Waals surface area contributed by atoms with Gasteiger partial charge in [-0.3, -0.25) is 4.79 Å². The summed E-state index contributed by atoms with van der Waals surface area (Å²) in [5.41, 5.74) is 4.32. The van der Waals surface area contributed by atoms with Crippen LogP contribution in [-0.4, -0.2) is 31.9 Å². The molecule has 0 bridgehead atoms. The van der Waals surface area contributed by atoms with Crippen LogP contribution in [0.4, 0.5) is 0 Å². The quantitative estimate of drug-likeness (QED) is 0.492. The minimum absolute atomic E-state index is 0.0623. The molecule has 0 heterocycles. The maximum atomic E-state index is 11.3. The first kappa shape index (κ1) is 21.9. The van der Waals surface area contributed by atoms with Crippen molar-refractivity contribution in [2.24, 2.45) is 5.92 Å². The molecule has 2 rings (SSSR count). The Morgan fingerprint density at radius 2 is 1.96 bits per heavy atom. The third-order valence-corrected chi connectivity index (χ3v) is 5.14. The minimum atomic E-state index is -2.44. The lowest BCUT2D eigenvalue weighted by Crippen LogP contribution is -2.14. The Kier molecular flexibility index (Phi) is 8.02. The van der Waals surface area contributed by atoms with Gasteiger partial charge in [0.25, 0.3) is 0 Å². The number of thiol groups is 1. The number of aliphatic hydroxyl groups is 1. The maximum absolute atomic E-state index is 11.3. The second kappa shape index (κ2) is 10.2. The molecule has 1 unspecified atom stereocenters. The molecule has 7 heteroatoms. The number of benzene rings is 2. The van der Waals surface area contributed by atoms with Crippen molar-refractivity contribution in [3.8, 4) is 16.9 Å². The standard InChI is InChI=1S/C21H26O6S/c1-14(13-28(24)25)11-27-20-7-15(2)21(19(9-20)12-26-16(3)23)18-6-4-5-17(8-18)10-22/h4-9,14,22,28H,10-13H2,1-3H3. The summed E-state index contributed by atoms with van der Waals surface area (Å²) < 4.78 is 32.7. The normalized spacial score (nSPS) is 12.0. The summed E-state index contributed by atoms with van der Waals surface area (Å²) in [4.78, 5) is 11.3. The van der Waals surface area contributed by atoms with Crippen LogP contribution in [-0.2, 0) is 33.4 Å². The van der Waals surface area contributed by atoms with Crippen LogP contribution in [0, 0.1) is 12.8 Å². The van der Waals surface area contributed by atoms with Crippen molar-refractivity contribution in [1.29, 1.82) is 0 Å². The third-order valence-electron chi connectivity index (χ3n) is 4.22. The average molecular weight is 407 g/mol. The van der Waals surface area contributed by atoms with Gasteiger partial charge in [-0.1, -0.05) is 25.1 Å². The van der Waals surface area contributed by atoms with Crippen LogP contribution in [0.5, 0.6) is 5.75 Å². The highest BCUT2D eigenvalue weighted by molar-refractivity contribution is 7.72. The number of carbonyl (C=O) groups excluding carboxylic acids is 1. The summed E-state index contributed by atoms with van der Waals surface area (Å²) in [6.45, 7) is 5.40. The molecule has 0 aromatic heterocycles. The van der Waals surface area contributed by atoms with E-state index < -0.39 is 10.7 Å². The van der Waals surface area contributed by atoms with Crippen LogP contribution in [0.25, 0.3) is 11.1 Å². The fraction of sp³-hybridized carbons (Fsp3) is 0.381. The molecule has 28 heavy (non-hydrogen) atoms. The van der Waals surface area contributed by atoms with Crippen molar-refractivity contribution in [2.75, 3.05) is 12.4 Å². The van der Waals surface area contributed by atoms with Gasteiger partial charge in [-0.05, 0) is 47.4 Å². The van der Waals surface area contributed by atoms with Gasteiger partial charge in [0.1, 0.15) is 23.1 Å². The molecule has 0 aliphatic rings. The van der Waals surface area contributed by atoms with Crippen LogP contribution in [0.15, 0.2) is 36.4 Å². The van der Waals surface area contributed by atoms with Gasteiger partial charge in [0, 0.05) is 18.4 Å². The smallest absolute Gasteiger partial charge is 0.302 e. The van der Waals surface area contributed by atoms with Gasteiger partial charge in [0.2, 0.25) is 0 Å². The Morgan fingerprint density at radius 1 is 1.21 bits per heavy atom. The molecule has 0 saturated carbocycles. The first-order chi connectivity index (χ1) is 13.3. The number of aryl methyl sites for hydroxylation is 1. The van der Waals surface area contributed by atoms with Crippen LogP contribution in [0.3, 0.4) is 0 Å². The largest absolute Gasteiger partial charge is 0.493 e. The summed E-state index contributed by atoms with van der Waals surface area (Å²) in [5, 5.41) is 9.42. The summed E-state index contributed by atoms with van der Waals surface area (Å²) in [6, 6.07) is 11.2. The van der Waals surface area contributed by atoms with Crippen LogP contribution < -0.4 is 4.74 Å². The van der Waals surface area contributed by atoms with E-state index in [0.717, 1.165) is 27.8 Å². The Balaban J connectivity index is 2.36. The Labute approximate surface area is 167 Å². The molecular weight excluding hydrogens is 380 g/mol. The van der Waals surface area contributed by atoms with Crippen LogP contribution in [0.2, 0.25) is 0 Å². The first-order valence-corrected chi connectivity index (χ1v) is 10.4. The van der Waals surface area contributed by atoms with E-state index in [1.54, 1.807) is 6.07 Å². The molecule has 0 spiro atoms. The van der Waals surface area contributed by atoms with Crippen molar-refractivity contribution in [1.82, 2.24) is 0 Å². The molecule has 0 radical (unpaired) electrons. The second-order valence-corrected chi connectivity index (χ2v) is 7.88. The minimum Gasteiger partial charge on any atom is -0.493 e. The first-order valence-electron chi connectivity index (χ1n) is 9.01. The zero-order valence-corrected chi connectivity index (χ0v) is 17.2.